The standard InChI is InChI=1S/C7H13N/c1-4-5-6(2)7(3)8/h4H,1,5,8H2,2-3H3/b7-6-. The second-order valence-electron chi connectivity index (χ2n) is 1.96. The Morgan fingerprint density at radius 1 is 1.62 bits per heavy atom. The Balaban J connectivity index is 3.79. The zero-order valence-electron chi connectivity index (χ0n) is 5.57. The van der Waals surface area contributed by atoms with Crippen LogP contribution in [0.4, 0.5) is 0 Å². The normalized spacial score (nSPS) is 12.8. The lowest BCUT2D eigenvalue weighted by molar-refractivity contribution is 1.11. The molecule has 0 radical (unpaired) electrons. The molecule has 2 N–H and O–H groups in total. The molecule has 0 atom stereocenters. The molecule has 0 amide bonds. The van der Waals surface area contributed by atoms with Gasteiger partial charge in [0, 0.05) is 5.70 Å². The molecule has 0 rings (SSSR count). The maximum Gasteiger partial charge on any atom is 0.00411 e. The van der Waals surface area contributed by atoms with Gasteiger partial charge < -0.3 is 5.73 Å². The molecule has 0 saturated heterocycles. The average Bonchev–Trinajstić information content (AvgIpc) is 1.67. The number of hydrogen-bond donors (Lipinski definition) is 1. The molecule has 1 nitrogen and oxygen atoms in total. The molecule has 0 bridgehead atoms. The second-order valence-corrected chi connectivity index (χ2v) is 1.96. The Morgan fingerprint density at radius 3 is 2.25 bits per heavy atom. The van der Waals surface area contributed by atoms with Gasteiger partial charge >= 0.3 is 0 Å². The van der Waals surface area contributed by atoms with Crippen LogP contribution in [0.3, 0.4) is 0 Å². The summed E-state index contributed by atoms with van der Waals surface area (Å²) in [6.07, 6.45) is 2.76. The molecule has 8 heavy (non-hydrogen) atoms. The third kappa shape index (κ3) is 2.45. The van der Waals surface area contributed by atoms with Crippen molar-refractivity contribution in [2.24, 2.45) is 5.73 Å². The van der Waals surface area contributed by atoms with Crippen LogP contribution in [0.1, 0.15) is 20.3 Å². The summed E-state index contributed by atoms with van der Waals surface area (Å²) in [6.45, 7) is 7.51. The molecule has 0 unspecified atom stereocenters. The molecule has 0 aromatic carbocycles. The number of allylic oxidation sites excluding steroid dienone is 3. The number of hydrogen-bond acceptors (Lipinski definition) is 1. The smallest absolute Gasteiger partial charge is 0.00411 e. The number of rotatable bonds is 2. The third-order valence-corrected chi connectivity index (χ3v) is 1.12. The van der Waals surface area contributed by atoms with Crippen molar-refractivity contribution in [2.45, 2.75) is 20.3 Å². The summed E-state index contributed by atoms with van der Waals surface area (Å²) in [7, 11) is 0. The molecule has 46 valence electrons. The quantitative estimate of drug-likeness (QED) is 0.540. The van der Waals surface area contributed by atoms with Crippen molar-refractivity contribution in [1.29, 1.82) is 0 Å². The summed E-state index contributed by atoms with van der Waals surface area (Å²) < 4.78 is 0. The maximum absolute atomic E-state index is 5.45. The summed E-state index contributed by atoms with van der Waals surface area (Å²) >= 11 is 0. The van der Waals surface area contributed by atoms with Crippen LogP contribution in [0.5, 0.6) is 0 Å². The topological polar surface area (TPSA) is 26.0 Å². The van der Waals surface area contributed by atoms with E-state index in [9.17, 15) is 0 Å². The van der Waals surface area contributed by atoms with Crippen molar-refractivity contribution in [3.05, 3.63) is 23.9 Å². The fourth-order valence-electron chi connectivity index (χ4n) is 0.377. The third-order valence-electron chi connectivity index (χ3n) is 1.12. The number of nitrogens with two attached hydrogens (primary N) is 1. The van der Waals surface area contributed by atoms with E-state index in [0.717, 1.165) is 12.1 Å². The van der Waals surface area contributed by atoms with Crippen LogP contribution in [0.2, 0.25) is 0 Å². The van der Waals surface area contributed by atoms with Crippen LogP contribution < -0.4 is 5.73 Å². The van der Waals surface area contributed by atoms with Gasteiger partial charge in [-0.15, -0.1) is 6.58 Å². The molecular weight excluding hydrogens is 98.1 g/mol. The van der Waals surface area contributed by atoms with E-state index in [2.05, 4.69) is 6.58 Å². The molecule has 0 aliphatic heterocycles. The van der Waals surface area contributed by atoms with Crippen molar-refractivity contribution in [1.82, 2.24) is 0 Å². The van der Waals surface area contributed by atoms with E-state index < -0.39 is 0 Å². The Kier molecular flexibility index (Phi) is 3.01. The predicted molar refractivity (Wildman–Crippen MR) is 37.4 cm³/mol. The second kappa shape index (κ2) is 3.30. The molecule has 0 heterocycles. The molecule has 0 aromatic rings. The Labute approximate surface area is 50.9 Å². The summed E-state index contributed by atoms with van der Waals surface area (Å²) in [4.78, 5) is 0. The van der Waals surface area contributed by atoms with E-state index >= 15 is 0 Å². The van der Waals surface area contributed by atoms with Gasteiger partial charge in [0.05, 0.1) is 0 Å². The Bertz CT molecular complexity index is 108. The first-order chi connectivity index (χ1) is 3.68. The van der Waals surface area contributed by atoms with Gasteiger partial charge in [0.15, 0.2) is 0 Å². The highest BCUT2D eigenvalue weighted by Gasteiger charge is 1.85. The van der Waals surface area contributed by atoms with Crippen molar-refractivity contribution >= 4 is 0 Å². The van der Waals surface area contributed by atoms with Crippen LogP contribution in [0.15, 0.2) is 23.9 Å². The molecule has 0 fully saturated rings. The van der Waals surface area contributed by atoms with Crippen LogP contribution in [-0.4, -0.2) is 0 Å². The van der Waals surface area contributed by atoms with E-state index in [-0.39, 0.29) is 0 Å². The molecule has 0 aromatic heterocycles. The van der Waals surface area contributed by atoms with Crippen LogP contribution in [0, 0.1) is 0 Å². The Hall–Kier alpha value is -0.720. The SMILES string of the molecule is C=CC/C(C)=C(/C)N. The van der Waals surface area contributed by atoms with Crippen LogP contribution in [-0.2, 0) is 0 Å². The van der Waals surface area contributed by atoms with E-state index in [1.807, 2.05) is 19.9 Å². The summed E-state index contributed by atoms with van der Waals surface area (Å²) in [5.41, 5.74) is 7.57. The Morgan fingerprint density at radius 2 is 2.12 bits per heavy atom. The van der Waals surface area contributed by atoms with E-state index in [0.29, 0.717) is 0 Å². The van der Waals surface area contributed by atoms with Crippen LogP contribution in [0.25, 0.3) is 0 Å². The largest absolute Gasteiger partial charge is 0.402 e. The van der Waals surface area contributed by atoms with Gasteiger partial charge in [0.25, 0.3) is 0 Å². The van der Waals surface area contributed by atoms with Crippen molar-refractivity contribution in [3.8, 4) is 0 Å². The highest BCUT2D eigenvalue weighted by molar-refractivity contribution is 5.08. The van der Waals surface area contributed by atoms with E-state index in [1.54, 1.807) is 0 Å². The molecule has 0 aliphatic carbocycles. The highest BCUT2D eigenvalue weighted by atomic mass is 14.6. The van der Waals surface area contributed by atoms with Gasteiger partial charge in [0.2, 0.25) is 0 Å². The van der Waals surface area contributed by atoms with Crippen molar-refractivity contribution in [2.75, 3.05) is 0 Å². The van der Waals surface area contributed by atoms with Crippen molar-refractivity contribution < 1.29 is 0 Å². The maximum atomic E-state index is 5.45. The van der Waals surface area contributed by atoms with E-state index in [4.69, 9.17) is 5.73 Å². The van der Waals surface area contributed by atoms with Gasteiger partial charge in [0.1, 0.15) is 0 Å². The highest BCUT2D eigenvalue weighted by Crippen LogP contribution is 2.01. The summed E-state index contributed by atoms with van der Waals surface area (Å²) in [5, 5.41) is 0. The van der Waals surface area contributed by atoms with Crippen molar-refractivity contribution in [3.63, 3.8) is 0 Å². The summed E-state index contributed by atoms with van der Waals surface area (Å²) in [5.74, 6) is 0. The first-order valence-electron chi connectivity index (χ1n) is 2.71. The fourth-order valence-corrected chi connectivity index (χ4v) is 0.377. The molecule has 0 spiro atoms. The first kappa shape index (κ1) is 7.28. The molecule has 1 heteroatoms. The predicted octanol–water partition coefficient (Wildman–Crippen LogP) is 1.82. The van der Waals surface area contributed by atoms with Gasteiger partial charge in [-0.3, -0.25) is 0 Å². The van der Waals surface area contributed by atoms with Gasteiger partial charge in [-0.1, -0.05) is 11.6 Å². The van der Waals surface area contributed by atoms with Gasteiger partial charge in [-0.2, -0.15) is 0 Å². The molecule has 0 saturated carbocycles. The monoisotopic (exact) mass is 111 g/mol. The average molecular weight is 111 g/mol. The van der Waals surface area contributed by atoms with E-state index in [1.165, 1.54) is 5.57 Å². The molecule has 0 aliphatic rings. The minimum absolute atomic E-state index is 0.905. The minimum Gasteiger partial charge on any atom is -0.402 e. The first-order valence-corrected chi connectivity index (χ1v) is 2.71. The molecular formula is C7H13N. The zero-order valence-corrected chi connectivity index (χ0v) is 5.57. The lowest BCUT2D eigenvalue weighted by Crippen LogP contribution is -1.94. The minimum atomic E-state index is 0.905. The zero-order chi connectivity index (χ0) is 6.57. The lowest BCUT2D eigenvalue weighted by Gasteiger charge is -1.96. The fraction of sp³-hybridized carbons (Fsp3) is 0.429. The van der Waals surface area contributed by atoms with Gasteiger partial charge in [-0.25, -0.2) is 0 Å². The van der Waals surface area contributed by atoms with Gasteiger partial charge in [-0.05, 0) is 20.3 Å². The summed E-state index contributed by atoms with van der Waals surface area (Å²) in [6, 6.07) is 0. The van der Waals surface area contributed by atoms with Crippen LogP contribution >= 0.6 is 0 Å². The lowest BCUT2D eigenvalue weighted by atomic mass is 10.2.